The molecule has 13 aromatic carbocycles. The summed E-state index contributed by atoms with van der Waals surface area (Å²) in [5, 5.41) is 40.3. The van der Waals surface area contributed by atoms with E-state index in [4.69, 9.17) is 122 Å². The standard InChI is InChI=1S/C25H21ClN2O5.C22H17ClN2O4.C18H17ClO4.C15H13ClO4.C11H12O4.C10H9ClN2O.C7H7ClO/c1-16(29)28-21-6-4-3-5-20(21)27-24(28)15-33-22-12-9-18(25(30)31-2)13-23(22)32-14-17-7-10-19(26)11-8-17;23-16-8-5-14(6-9-16)12-28-20-11-15(22(26)27)7-10-19(20)29-13-21-24-17-3-1-2-4-18(17)25-21;1-3-10-22-16-9-6-14(18(20)21-2)11-17(16)23-12-13-4-7-15(19)8-5-13;1-19-15(18)11-4-7-13(17)14(8-11)20-9-10-2-5-12(16)6-3-10;1-3-6-15-10-5-4-8(7-9(10)12)11(13)14-2;1-7(14)13-9-5-3-2-4-8(9)12-10(13)6-11;8-7-3-1-6(5-9)2-4-7/h3-13H,14-15H2,1-2H3;1-11H,12-13H2,(H,24,25)(H,26,27);3-9,11H,1,10,12H2,2H3;2-8,17H,9H2,1H3;3-5,7,12H,1,6H2,2H3;2-5H,6H2,1H3;1-4,9H,5H2. The molecular weight excluding hydrogens is 1960 g/mol. The fourth-order valence-corrected chi connectivity index (χ4v) is 13.7. The van der Waals surface area contributed by atoms with Crippen LogP contribution in [-0.2, 0) is 71.1 Å². The third-order valence-corrected chi connectivity index (χ3v) is 21.4. The SMILES string of the molecule is C=CCOc1ccc(C(=O)OC)cc1O.C=CCOc1ccc(C(=O)OC)cc1OCc1ccc(Cl)cc1.CC(=O)n1c(CCl)nc2ccccc21.COC(=O)c1ccc(O)c(OCc2ccc(Cl)cc2)c1.COC(=O)c1ccc(OCc2nc3ccccc3n2C(C)=O)c(OCc2ccc(Cl)cc2)c1.O=C(O)c1ccc(OCc2nc3ccccc3[nH]2)c(OCc2ccc(Cl)cc2)c1.OCc1ccc(Cl)cc1. The van der Waals surface area contributed by atoms with Crippen molar-refractivity contribution in [1.29, 1.82) is 0 Å². The molecule has 0 spiro atoms. The quantitative estimate of drug-likeness (QED) is 0.0117. The number of H-pyrrole nitrogens is 1. The van der Waals surface area contributed by atoms with Gasteiger partial charge >= 0.3 is 29.8 Å². The molecule has 738 valence electrons. The fraction of sp³-hybridized carbons (Fsp3) is 0.148. The Morgan fingerprint density at radius 2 is 0.664 bits per heavy atom. The van der Waals surface area contributed by atoms with Crippen LogP contribution in [0.15, 0.2) is 310 Å². The van der Waals surface area contributed by atoms with Crippen molar-refractivity contribution in [3.05, 3.63) is 409 Å². The minimum atomic E-state index is -1.04. The first-order valence-corrected chi connectivity index (χ1v) is 45.6. The topological polar surface area (TPSA) is 375 Å². The average molecular weight is 2060 g/mol. The van der Waals surface area contributed by atoms with Crippen molar-refractivity contribution in [2.45, 2.75) is 66.0 Å². The number of aliphatic hydroxyl groups excluding tert-OH is 1. The molecule has 29 nitrogen and oxygen atoms in total. The molecule has 35 heteroatoms. The minimum absolute atomic E-state index is 0.0309. The van der Waals surface area contributed by atoms with Gasteiger partial charge in [0, 0.05) is 39.0 Å². The van der Waals surface area contributed by atoms with Crippen molar-refractivity contribution >= 4 is 144 Å². The van der Waals surface area contributed by atoms with Gasteiger partial charge in [-0.15, -0.1) is 11.6 Å². The molecule has 0 aliphatic carbocycles. The average Bonchev–Trinajstić information content (AvgIpc) is 1.65. The number of nitrogens with one attached hydrogen (secondary N) is 1. The molecule has 0 amide bonds. The minimum Gasteiger partial charge on any atom is -0.504 e. The molecule has 16 aromatic rings. The second-order valence-corrected chi connectivity index (χ2v) is 32.4. The number of carboxylic acids is 1. The van der Waals surface area contributed by atoms with Gasteiger partial charge in [0.15, 0.2) is 63.3 Å². The van der Waals surface area contributed by atoms with E-state index < -0.39 is 29.8 Å². The number of phenols is 2. The number of methoxy groups -OCH3 is 4. The van der Waals surface area contributed by atoms with Crippen LogP contribution in [-0.4, -0.2) is 133 Å². The lowest BCUT2D eigenvalue weighted by Crippen LogP contribution is -2.13. The number of ether oxygens (including phenoxy) is 12. The van der Waals surface area contributed by atoms with Crippen LogP contribution in [0.1, 0.15) is 121 Å². The third-order valence-electron chi connectivity index (χ3n) is 19.9. The van der Waals surface area contributed by atoms with E-state index in [-0.39, 0.29) is 85.7 Å². The molecule has 0 saturated heterocycles. The molecule has 0 bridgehead atoms. The molecule has 0 atom stereocenters. The maximum atomic E-state index is 12.2. The van der Waals surface area contributed by atoms with E-state index in [9.17, 15) is 48.9 Å². The molecule has 0 aliphatic rings. The number of hydrogen-bond acceptors (Lipinski definition) is 25. The number of benzene rings is 13. The molecule has 5 N–H and O–H groups in total. The highest BCUT2D eigenvalue weighted by atomic mass is 35.5. The molecule has 0 aliphatic heterocycles. The van der Waals surface area contributed by atoms with Crippen LogP contribution in [0.5, 0.6) is 57.5 Å². The molecular formula is C108H96Cl6N6O23. The number of para-hydroxylation sites is 6. The summed E-state index contributed by atoms with van der Waals surface area (Å²) in [6.07, 6.45) is 3.20. The number of halogens is 6. The Morgan fingerprint density at radius 1 is 0.343 bits per heavy atom. The predicted octanol–water partition coefficient (Wildman–Crippen LogP) is 24.1. The number of esters is 4. The van der Waals surface area contributed by atoms with Gasteiger partial charge in [-0.25, -0.2) is 38.9 Å². The summed E-state index contributed by atoms with van der Waals surface area (Å²) >= 11 is 34.8. The van der Waals surface area contributed by atoms with Gasteiger partial charge in [0.05, 0.1) is 102 Å². The van der Waals surface area contributed by atoms with Gasteiger partial charge in [-0.2, -0.15) is 0 Å². The Labute approximate surface area is 852 Å². The van der Waals surface area contributed by atoms with Gasteiger partial charge in [-0.3, -0.25) is 18.7 Å². The Hall–Kier alpha value is -15.9. The second kappa shape index (κ2) is 55.8. The van der Waals surface area contributed by atoms with E-state index in [1.807, 2.05) is 121 Å². The second-order valence-electron chi connectivity index (χ2n) is 29.9. The zero-order valence-corrected chi connectivity index (χ0v) is 82.4. The maximum Gasteiger partial charge on any atom is 0.337 e. The number of alkyl halides is 1. The molecule has 16 rings (SSSR count). The highest BCUT2D eigenvalue weighted by Crippen LogP contribution is 2.36. The number of imidazole rings is 3. The van der Waals surface area contributed by atoms with Crippen molar-refractivity contribution in [2.75, 3.05) is 41.7 Å². The van der Waals surface area contributed by atoms with Gasteiger partial charge in [0.2, 0.25) is 11.8 Å². The number of fused-ring (bicyclic) bond motifs is 3. The molecule has 0 radical (unpaired) electrons. The van der Waals surface area contributed by atoms with E-state index in [1.54, 1.807) is 132 Å². The Bertz CT molecular complexity index is 6990. The number of aliphatic hydroxyl groups is 1. The Kier molecular flexibility index (Phi) is 42.6. The van der Waals surface area contributed by atoms with Crippen molar-refractivity contribution in [3.8, 4) is 57.5 Å². The number of hydrogen-bond donors (Lipinski definition) is 5. The summed E-state index contributed by atoms with van der Waals surface area (Å²) in [6, 6.07) is 81.4. The van der Waals surface area contributed by atoms with Gasteiger partial charge in [0.25, 0.3) is 0 Å². The molecule has 3 aromatic heterocycles. The number of carbonyl (C=O) groups is 7. The van der Waals surface area contributed by atoms with Crippen LogP contribution in [0, 0.1) is 0 Å². The van der Waals surface area contributed by atoms with Gasteiger partial charge in [-0.1, -0.05) is 180 Å². The smallest absolute Gasteiger partial charge is 0.337 e. The van der Waals surface area contributed by atoms with Crippen LogP contribution in [0.2, 0.25) is 25.1 Å². The number of aromatic carboxylic acids is 1. The van der Waals surface area contributed by atoms with Crippen LogP contribution < -0.4 is 37.9 Å². The number of nitrogens with zero attached hydrogens (tertiary/aromatic N) is 5. The fourth-order valence-electron chi connectivity index (χ4n) is 12.9. The summed E-state index contributed by atoms with van der Waals surface area (Å²) in [4.78, 5) is 97.6. The van der Waals surface area contributed by atoms with E-state index in [2.05, 4.69) is 42.6 Å². The molecule has 3 heterocycles. The van der Waals surface area contributed by atoms with E-state index in [1.165, 1.54) is 95.4 Å². The van der Waals surface area contributed by atoms with Crippen molar-refractivity contribution in [3.63, 3.8) is 0 Å². The summed E-state index contributed by atoms with van der Waals surface area (Å²) in [6.45, 7) is 12.1. The van der Waals surface area contributed by atoms with Crippen LogP contribution in [0.4, 0.5) is 0 Å². The van der Waals surface area contributed by atoms with Crippen LogP contribution >= 0.6 is 69.6 Å². The normalized spacial score (nSPS) is 10.3. The Balaban J connectivity index is 0.000000177. The summed E-state index contributed by atoms with van der Waals surface area (Å²) in [7, 11) is 5.22. The van der Waals surface area contributed by atoms with Gasteiger partial charge < -0.3 is 82.3 Å². The largest absolute Gasteiger partial charge is 0.504 e. The molecule has 0 saturated carbocycles. The van der Waals surface area contributed by atoms with Crippen molar-refractivity contribution < 1.29 is 111 Å². The van der Waals surface area contributed by atoms with E-state index >= 15 is 0 Å². The van der Waals surface area contributed by atoms with E-state index in [0.29, 0.717) is 130 Å². The first-order valence-electron chi connectivity index (χ1n) is 43.2. The number of carboxylic acid groups (broad SMARTS) is 1. The van der Waals surface area contributed by atoms with Gasteiger partial charge in [-0.05, 0) is 216 Å². The molecule has 143 heavy (non-hydrogen) atoms. The van der Waals surface area contributed by atoms with Gasteiger partial charge in [0.1, 0.15) is 64.5 Å². The number of carbonyl (C=O) groups excluding carboxylic acids is 6. The third kappa shape index (κ3) is 33.2. The lowest BCUT2D eigenvalue weighted by atomic mass is 10.2. The number of phenolic OH excluding ortho intramolecular Hbond substituents is 2. The summed E-state index contributed by atoms with van der Waals surface area (Å²) in [5.41, 5.74) is 10.8. The highest BCUT2D eigenvalue weighted by molar-refractivity contribution is 6.31. The number of aromatic hydroxyl groups is 2. The zero-order chi connectivity index (χ0) is 103. The predicted molar refractivity (Wildman–Crippen MR) is 546 cm³/mol. The monoisotopic (exact) mass is 2050 g/mol. The Morgan fingerprint density at radius 3 is 1.05 bits per heavy atom. The lowest BCUT2D eigenvalue weighted by Gasteiger charge is -2.14. The van der Waals surface area contributed by atoms with Crippen molar-refractivity contribution in [1.82, 2.24) is 29.1 Å². The summed E-state index contributed by atoms with van der Waals surface area (Å²) < 4.78 is 67.3. The number of rotatable bonds is 31. The van der Waals surface area contributed by atoms with Crippen LogP contribution in [0.3, 0.4) is 0 Å². The first-order chi connectivity index (χ1) is 69.0. The summed E-state index contributed by atoms with van der Waals surface area (Å²) in [5.74, 6) is 1.73. The maximum absolute atomic E-state index is 12.2. The number of aromatic amines is 1. The van der Waals surface area contributed by atoms with Crippen LogP contribution in [0.25, 0.3) is 33.1 Å². The van der Waals surface area contributed by atoms with E-state index in [0.717, 1.165) is 49.9 Å². The first kappa shape index (κ1) is 109. The zero-order valence-electron chi connectivity index (χ0n) is 77.8. The molecule has 0 unspecified atom stereocenters. The van der Waals surface area contributed by atoms with Crippen molar-refractivity contribution in [2.24, 2.45) is 0 Å². The lowest BCUT2D eigenvalue weighted by molar-refractivity contribution is 0.0591. The molecule has 0 fully saturated rings. The number of aromatic nitrogens is 6. The highest BCUT2D eigenvalue weighted by Gasteiger charge is 2.22.